The number of rotatable bonds is 3. The molecular formula is C19H23N3O3S. The summed E-state index contributed by atoms with van der Waals surface area (Å²) in [5.41, 5.74) is 3.99. The lowest BCUT2D eigenvalue weighted by Crippen LogP contribution is -2.40. The zero-order valence-electron chi connectivity index (χ0n) is 14.9. The van der Waals surface area contributed by atoms with E-state index >= 15 is 0 Å². The summed E-state index contributed by atoms with van der Waals surface area (Å²) in [6.45, 7) is 0. The van der Waals surface area contributed by atoms with Crippen molar-refractivity contribution >= 4 is 10.0 Å². The van der Waals surface area contributed by atoms with E-state index in [1.54, 1.807) is 19.2 Å². The van der Waals surface area contributed by atoms with Gasteiger partial charge in [-0.3, -0.25) is 4.79 Å². The molecule has 1 aromatic heterocycles. The van der Waals surface area contributed by atoms with Crippen molar-refractivity contribution in [2.45, 2.75) is 55.9 Å². The Hall–Kier alpha value is -1.99. The first kappa shape index (κ1) is 17.4. The molecule has 0 saturated carbocycles. The van der Waals surface area contributed by atoms with Crippen molar-refractivity contribution in [1.82, 2.24) is 14.5 Å². The number of benzene rings is 1. The summed E-state index contributed by atoms with van der Waals surface area (Å²) in [5.74, 6) is 0. The molecule has 138 valence electrons. The molecule has 7 heteroatoms. The number of aryl methyl sites for hydroxylation is 4. The molecule has 0 bridgehead atoms. The van der Waals surface area contributed by atoms with Crippen LogP contribution in [0.3, 0.4) is 0 Å². The molecule has 0 amide bonds. The standard InChI is InChI=1S/C19H23N3O3S/c1-22-19(23)12-15-10-16(7-9-18(15)20-22)21-26(24,25)17-8-6-13-4-2-3-5-14(13)11-17/h6,8,11-12,16,21H,2-5,7,9-10H2,1H3. The summed E-state index contributed by atoms with van der Waals surface area (Å²) in [6.07, 6.45) is 6.12. The molecule has 0 radical (unpaired) electrons. The minimum Gasteiger partial charge on any atom is -0.268 e. The van der Waals surface area contributed by atoms with Crippen LogP contribution in [0.15, 0.2) is 34.0 Å². The van der Waals surface area contributed by atoms with Gasteiger partial charge in [0.25, 0.3) is 5.56 Å². The van der Waals surface area contributed by atoms with E-state index in [1.807, 2.05) is 12.1 Å². The first-order valence-electron chi connectivity index (χ1n) is 9.12. The molecular weight excluding hydrogens is 350 g/mol. The predicted octanol–water partition coefficient (Wildman–Crippen LogP) is 1.49. The minimum atomic E-state index is -3.57. The molecule has 2 aliphatic carbocycles. The van der Waals surface area contributed by atoms with Gasteiger partial charge in [-0.2, -0.15) is 5.10 Å². The summed E-state index contributed by atoms with van der Waals surface area (Å²) in [6, 6.07) is 6.84. The molecule has 4 rings (SSSR count). The van der Waals surface area contributed by atoms with Gasteiger partial charge >= 0.3 is 0 Å². The van der Waals surface area contributed by atoms with Gasteiger partial charge in [-0.25, -0.2) is 17.8 Å². The highest BCUT2D eigenvalue weighted by molar-refractivity contribution is 7.89. The molecule has 1 aromatic carbocycles. The van der Waals surface area contributed by atoms with Crippen LogP contribution < -0.4 is 10.3 Å². The second-order valence-electron chi connectivity index (χ2n) is 7.28. The maximum atomic E-state index is 12.8. The topological polar surface area (TPSA) is 81.1 Å². The van der Waals surface area contributed by atoms with Crippen molar-refractivity contribution in [3.05, 3.63) is 57.0 Å². The van der Waals surface area contributed by atoms with Crippen LogP contribution in [0.1, 0.15) is 41.6 Å². The van der Waals surface area contributed by atoms with Crippen molar-refractivity contribution in [2.24, 2.45) is 7.05 Å². The van der Waals surface area contributed by atoms with E-state index in [0.717, 1.165) is 36.1 Å². The van der Waals surface area contributed by atoms with E-state index in [4.69, 9.17) is 0 Å². The van der Waals surface area contributed by atoms with Crippen molar-refractivity contribution < 1.29 is 8.42 Å². The molecule has 2 aliphatic rings. The molecule has 6 nitrogen and oxygen atoms in total. The van der Waals surface area contributed by atoms with Gasteiger partial charge in [0.15, 0.2) is 0 Å². The number of nitrogens with zero attached hydrogens (tertiary/aromatic N) is 2. The Bertz CT molecular complexity index is 1010. The molecule has 0 fully saturated rings. The average Bonchev–Trinajstić information content (AvgIpc) is 2.62. The molecule has 1 unspecified atom stereocenters. The number of hydrogen-bond donors (Lipinski definition) is 1. The molecule has 0 aliphatic heterocycles. The highest BCUT2D eigenvalue weighted by Gasteiger charge is 2.26. The molecule has 1 heterocycles. The fourth-order valence-corrected chi connectivity index (χ4v) is 5.27. The fourth-order valence-electron chi connectivity index (χ4n) is 3.95. The van der Waals surface area contributed by atoms with E-state index in [2.05, 4.69) is 9.82 Å². The molecule has 26 heavy (non-hydrogen) atoms. The molecule has 0 saturated heterocycles. The number of fused-ring (bicyclic) bond motifs is 2. The van der Waals surface area contributed by atoms with Gasteiger partial charge in [0, 0.05) is 19.2 Å². The van der Waals surface area contributed by atoms with Gasteiger partial charge in [-0.05, 0) is 73.8 Å². The van der Waals surface area contributed by atoms with Crippen LogP contribution in [0.2, 0.25) is 0 Å². The Kier molecular flexibility index (Phi) is 4.44. The summed E-state index contributed by atoms with van der Waals surface area (Å²) in [7, 11) is -1.94. The van der Waals surface area contributed by atoms with Crippen molar-refractivity contribution in [3.8, 4) is 0 Å². The third kappa shape index (κ3) is 3.33. The summed E-state index contributed by atoms with van der Waals surface area (Å²) < 4.78 is 29.8. The Morgan fingerprint density at radius 1 is 1.08 bits per heavy atom. The first-order chi connectivity index (χ1) is 12.4. The van der Waals surface area contributed by atoms with Gasteiger partial charge in [0.05, 0.1) is 10.6 Å². The highest BCUT2D eigenvalue weighted by atomic mass is 32.2. The number of nitrogens with one attached hydrogen (secondary N) is 1. The lowest BCUT2D eigenvalue weighted by molar-refractivity contribution is 0.492. The van der Waals surface area contributed by atoms with Crippen molar-refractivity contribution in [1.29, 1.82) is 0 Å². The van der Waals surface area contributed by atoms with Crippen LogP contribution in [-0.2, 0) is 42.8 Å². The van der Waals surface area contributed by atoms with Crippen LogP contribution in [0.25, 0.3) is 0 Å². The summed E-state index contributed by atoms with van der Waals surface area (Å²) in [5, 5.41) is 4.28. The monoisotopic (exact) mass is 373 g/mol. The van der Waals surface area contributed by atoms with E-state index in [0.29, 0.717) is 24.2 Å². The smallest absolute Gasteiger partial charge is 0.266 e. The summed E-state index contributed by atoms with van der Waals surface area (Å²) in [4.78, 5) is 12.1. The van der Waals surface area contributed by atoms with Gasteiger partial charge in [0.2, 0.25) is 10.0 Å². The van der Waals surface area contributed by atoms with E-state index < -0.39 is 10.0 Å². The highest BCUT2D eigenvalue weighted by Crippen LogP contribution is 2.25. The number of sulfonamides is 1. The second kappa shape index (κ2) is 6.63. The quantitative estimate of drug-likeness (QED) is 0.884. The van der Waals surface area contributed by atoms with Crippen LogP contribution in [0.4, 0.5) is 0 Å². The van der Waals surface area contributed by atoms with Gasteiger partial charge in [0.1, 0.15) is 0 Å². The minimum absolute atomic E-state index is 0.165. The molecule has 0 spiro atoms. The van der Waals surface area contributed by atoms with E-state index in [1.165, 1.54) is 16.7 Å². The fraction of sp³-hybridized carbons (Fsp3) is 0.474. The maximum Gasteiger partial charge on any atom is 0.266 e. The lowest BCUT2D eigenvalue weighted by atomic mass is 9.92. The average molecular weight is 373 g/mol. The van der Waals surface area contributed by atoms with Crippen LogP contribution in [0, 0.1) is 0 Å². The Labute approximate surface area is 153 Å². The first-order valence-corrected chi connectivity index (χ1v) is 10.6. The molecule has 1 atom stereocenters. The molecule has 1 N–H and O–H groups in total. The van der Waals surface area contributed by atoms with E-state index in [9.17, 15) is 13.2 Å². The molecule has 2 aromatic rings. The summed E-state index contributed by atoms with van der Waals surface area (Å²) >= 11 is 0. The van der Waals surface area contributed by atoms with Crippen LogP contribution in [0.5, 0.6) is 0 Å². The number of hydrogen-bond acceptors (Lipinski definition) is 4. The SMILES string of the molecule is Cn1nc2c(cc1=O)CC(NS(=O)(=O)c1ccc3c(c1)CCCC3)CC2. The third-order valence-electron chi connectivity index (χ3n) is 5.41. The Morgan fingerprint density at radius 3 is 2.65 bits per heavy atom. The number of aromatic nitrogens is 2. The van der Waals surface area contributed by atoms with Crippen LogP contribution in [-0.4, -0.2) is 24.2 Å². The Balaban J connectivity index is 1.55. The van der Waals surface area contributed by atoms with Crippen molar-refractivity contribution in [2.75, 3.05) is 0 Å². The zero-order valence-corrected chi connectivity index (χ0v) is 15.7. The van der Waals surface area contributed by atoms with Crippen molar-refractivity contribution in [3.63, 3.8) is 0 Å². The van der Waals surface area contributed by atoms with E-state index in [-0.39, 0.29) is 11.6 Å². The van der Waals surface area contributed by atoms with Crippen LogP contribution >= 0.6 is 0 Å². The normalized spacial score (nSPS) is 19.7. The van der Waals surface area contributed by atoms with Gasteiger partial charge in [-0.15, -0.1) is 0 Å². The van der Waals surface area contributed by atoms with Gasteiger partial charge < -0.3 is 0 Å². The largest absolute Gasteiger partial charge is 0.268 e. The van der Waals surface area contributed by atoms with Gasteiger partial charge in [-0.1, -0.05) is 6.07 Å². The maximum absolute atomic E-state index is 12.8. The third-order valence-corrected chi connectivity index (χ3v) is 6.92. The second-order valence-corrected chi connectivity index (χ2v) is 8.99. The zero-order chi connectivity index (χ0) is 18.3. The predicted molar refractivity (Wildman–Crippen MR) is 98.7 cm³/mol. The lowest BCUT2D eigenvalue weighted by Gasteiger charge is -2.25. The Morgan fingerprint density at radius 2 is 1.85 bits per heavy atom.